The Morgan fingerprint density at radius 3 is 1.52 bits per heavy atom. The number of ether oxygens (including phenoxy) is 1. The highest BCUT2D eigenvalue weighted by molar-refractivity contribution is 6.61. The topological polar surface area (TPSA) is 84.7 Å². The first kappa shape index (κ1) is 30.7. The van der Waals surface area contributed by atoms with Gasteiger partial charge in [0, 0.05) is 58.3 Å². The van der Waals surface area contributed by atoms with E-state index in [1.54, 1.807) is 0 Å². The molecular weight excluding hydrogens is 462 g/mol. The highest BCUT2D eigenvalue weighted by Crippen LogP contribution is 2.34. The van der Waals surface area contributed by atoms with Crippen molar-refractivity contribution in [3.8, 4) is 0 Å². The van der Waals surface area contributed by atoms with Crippen LogP contribution in [0.5, 0.6) is 0 Å². The van der Waals surface area contributed by atoms with Crippen molar-refractivity contribution >= 4 is 23.6 Å². The molecule has 1 aliphatic heterocycles. The lowest BCUT2D eigenvalue weighted by Crippen LogP contribution is -2.46. The van der Waals surface area contributed by atoms with Gasteiger partial charge in [0.15, 0.2) is 0 Å². The number of rotatable bonds is 21. The summed E-state index contributed by atoms with van der Waals surface area (Å²) in [4.78, 5) is 14.8. The fourth-order valence-electron chi connectivity index (χ4n) is 3.95. The van der Waals surface area contributed by atoms with Crippen LogP contribution in [0.4, 0.5) is 0 Å². The molecule has 0 spiro atoms. The predicted octanol–water partition coefficient (Wildman–Crippen LogP) is 3.48. The van der Waals surface area contributed by atoms with E-state index >= 15 is 0 Å². The van der Waals surface area contributed by atoms with E-state index in [4.69, 9.17) is 31.3 Å². The van der Waals surface area contributed by atoms with Crippen LogP contribution in [0.1, 0.15) is 61.3 Å². The van der Waals surface area contributed by atoms with E-state index in [9.17, 15) is 4.79 Å². The Balaban J connectivity index is 2.46. The molecule has 0 N–H and O–H groups in total. The quantitative estimate of drug-likeness (QED) is 0.0999. The summed E-state index contributed by atoms with van der Waals surface area (Å²) in [6.45, 7) is 18.8. The largest absolute Gasteiger partial charge is 0.501 e. The van der Waals surface area contributed by atoms with Crippen LogP contribution in [0.2, 0.25) is 12.1 Å². The Kier molecular flexibility index (Phi) is 14.5. The minimum atomic E-state index is -2.70. The zero-order valence-electron chi connectivity index (χ0n) is 21.9. The van der Waals surface area contributed by atoms with Gasteiger partial charge in [0.2, 0.25) is 0 Å². The maximum absolute atomic E-state index is 12.7. The van der Waals surface area contributed by atoms with E-state index in [0.29, 0.717) is 65.3 Å². The lowest BCUT2D eigenvalue weighted by Gasteiger charge is -2.28. The van der Waals surface area contributed by atoms with Gasteiger partial charge < -0.3 is 31.3 Å². The summed E-state index contributed by atoms with van der Waals surface area (Å²) in [6, 6.07) is 1.37. The Hall–Kier alpha value is -0.376. The third kappa shape index (κ3) is 9.65. The van der Waals surface area contributed by atoms with Crippen LogP contribution in [-0.2, 0) is 36.1 Å². The molecule has 11 heteroatoms. The second-order valence-electron chi connectivity index (χ2n) is 8.00. The van der Waals surface area contributed by atoms with E-state index in [2.05, 4.69) is 4.90 Å². The summed E-state index contributed by atoms with van der Waals surface area (Å²) in [7, 11) is -5.35. The average molecular weight is 510 g/mol. The molecule has 33 heavy (non-hydrogen) atoms. The third-order valence-corrected chi connectivity index (χ3v) is 11.8. The summed E-state index contributed by atoms with van der Waals surface area (Å²) in [6.07, 6.45) is 1.50. The van der Waals surface area contributed by atoms with Crippen molar-refractivity contribution in [3.63, 3.8) is 0 Å². The third-order valence-electron chi connectivity index (χ3n) is 5.49. The molecule has 2 unspecified atom stereocenters. The molecule has 1 saturated heterocycles. The normalized spacial score (nSPS) is 20.8. The summed E-state index contributed by atoms with van der Waals surface area (Å²) in [5.41, 5.74) is -0.554. The van der Waals surface area contributed by atoms with Crippen LogP contribution >= 0.6 is 0 Å². The van der Waals surface area contributed by atoms with Crippen LogP contribution in [0.25, 0.3) is 0 Å². The molecule has 0 aromatic heterocycles. The smallest absolute Gasteiger partial charge is 0.464 e. The minimum Gasteiger partial charge on any atom is -0.464 e. The van der Waals surface area contributed by atoms with Crippen LogP contribution in [-0.4, -0.2) is 93.4 Å². The van der Waals surface area contributed by atoms with E-state index in [1.165, 1.54) is 0 Å². The molecular formula is C22H47NO8Si2. The Labute approximate surface area is 203 Å². The first-order valence-electron chi connectivity index (χ1n) is 12.6. The van der Waals surface area contributed by atoms with E-state index in [-0.39, 0.29) is 5.97 Å². The summed E-state index contributed by atoms with van der Waals surface area (Å²) in [5, 5.41) is 0. The van der Waals surface area contributed by atoms with Gasteiger partial charge in [-0.2, -0.15) is 0 Å². The molecule has 0 amide bonds. The second kappa shape index (κ2) is 15.6. The van der Waals surface area contributed by atoms with Crippen LogP contribution < -0.4 is 0 Å². The number of esters is 1. The standard InChI is InChI=1S/C22H47NO8Si2/c1-8-26-32(27-9-2,28-10-3)18-14-16-23-20-22(23,7)21(24)25-17-15-19-33(29-11-4,30-12-5)31-13-6/h8-20H2,1-7H3. The molecule has 1 aliphatic rings. The van der Waals surface area contributed by atoms with Crippen LogP contribution in [0.15, 0.2) is 0 Å². The van der Waals surface area contributed by atoms with Gasteiger partial charge in [-0.25, -0.2) is 0 Å². The maximum Gasteiger partial charge on any atom is 0.501 e. The minimum absolute atomic E-state index is 0.179. The van der Waals surface area contributed by atoms with Gasteiger partial charge in [-0.15, -0.1) is 0 Å². The van der Waals surface area contributed by atoms with E-state index < -0.39 is 23.1 Å². The van der Waals surface area contributed by atoms with Crippen molar-refractivity contribution in [2.45, 2.75) is 78.9 Å². The first-order chi connectivity index (χ1) is 15.8. The van der Waals surface area contributed by atoms with Gasteiger partial charge in [0.25, 0.3) is 0 Å². The summed E-state index contributed by atoms with van der Waals surface area (Å²) < 4.78 is 40.9. The molecule has 2 atom stereocenters. The zero-order chi connectivity index (χ0) is 24.8. The Morgan fingerprint density at radius 1 is 0.727 bits per heavy atom. The highest BCUT2D eigenvalue weighted by atomic mass is 28.4. The van der Waals surface area contributed by atoms with Crippen molar-refractivity contribution in [3.05, 3.63) is 0 Å². The van der Waals surface area contributed by atoms with Crippen molar-refractivity contribution in [1.29, 1.82) is 0 Å². The first-order valence-corrected chi connectivity index (χ1v) is 16.4. The Bertz CT molecular complexity index is 522. The molecule has 0 aromatic carbocycles. The van der Waals surface area contributed by atoms with E-state index in [0.717, 1.165) is 19.0 Å². The molecule has 196 valence electrons. The second-order valence-corrected chi connectivity index (χ2v) is 13.5. The van der Waals surface area contributed by atoms with Gasteiger partial charge in [-0.05, 0) is 67.9 Å². The molecule has 0 bridgehead atoms. The van der Waals surface area contributed by atoms with Gasteiger partial charge >= 0.3 is 23.6 Å². The highest BCUT2D eigenvalue weighted by Gasteiger charge is 2.55. The van der Waals surface area contributed by atoms with Crippen molar-refractivity contribution < 1.29 is 36.1 Å². The molecule has 0 radical (unpaired) electrons. The van der Waals surface area contributed by atoms with Crippen LogP contribution in [0, 0.1) is 0 Å². The lowest BCUT2D eigenvalue weighted by molar-refractivity contribution is -0.147. The average Bonchev–Trinajstić information content (AvgIpc) is 3.43. The molecule has 1 heterocycles. The predicted molar refractivity (Wildman–Crippen MR) is 131 cm³/mol. The van der Waals surface area contributed by atoms with Gasteiger partial charge in [-0.3, -0.25) is 9.69 Å². The van der Waals surface area contributed by atoms with E-state index in [1.807, 2.05) is 48.5 Å². The molecule has 9 nitrogen and oxygen atoms in total. The number of nitrogens with zero attached hydrogens (tertiary/aromatic N) is 1. The van der Waals surface area contributed by atoms with Gasteiger partial charge in [0.1, 0.15) is 5.54 Å². The number of carbonyl (C=O) groups excluding carboxylic acids is 1. The molecule has 0 aliphatic carbocycles. The fraction of sp³-hybridized carbons (Fsp3) is 0.955. The maximum atomic E-state index is 12.7. The fourth-order valence-corrected chi connectivity index (χ4v) is 9.13. The number of hydrogen-bond acceptors (Lipinski definition) is 9. The van der Waals surface area contributed by atoms with Crippen molar-refractivity contribution in [2.24, 2.45) is 0 Å². The summed E-state index contributed by atoms with van der Waals surface area (Å²) in [5.74, 6) is -0.179. The Morgan fingerprint density at radius 2 is 1.12 bits per heavy atom. The monoisotopic (exact) mass is 509 g/mol. The lowest BCUT2D eigenvalue weighted by atomic mass is 10.2. The number of hydrogen-bond donors (Lipinski definition) is 0. The molecule has 0 saturated carbocycles. The molecule has 1 rings (SSSR count). The summed E-state index contributed by atoms with van der Waals surface area (Å²) >= 11 is 0. The number of carbonyl (C=O) groups is 1. The van der Waals surface area contributed by atoms with Crippen molar-refractivity contribution in [1.82, 2.24) is 4.90 Å². The van der Waals surface area contributed by atoms with Gasteiger partial charge in [-0.1, -0.05) is 0 Å². The zero-order valence-corrected chi connectivity index (χ0v) is 23.9. The van der Waals surface area contributed by atoms with Gasteiger partial charge in [0.05, 0.1) is 6.61 Å². The van der Waals surface area contributed by atoms with Crippen molar-refractivity contribution in [2.75, 3.05) is 59.3 Å². The SMILES string of the molecule is CCO[Si](CCCOC(=O)C1(C)CN1CCC[Si](OCC)(OCC)OCC)(OCC)OCC. The van der Waals surface area contributed by atoms with Crippen LogP contribution in [0.3, 0.4) is 0 Å². The molecule has 0 aromatic rings. The molecule has 1 fully saturated rings.